The third-order valence-corrected chi connectivity index (χ3v) is 4.14. The van der Waals surface area contributed by atoms with Crippen LogP contribution in [-0.2, 0) is 6.54 Å². The molecular weight excluding hydrogens is 284 g/mol. The van der Waals surface area contributed by atoms with Crippen molar-refractivity contribution in [3.05, 3.63) is 34.9 Å². The van der Waals surface area contributed by atoms with E-state index in [-0.39, 0.29) is 23.9 Å². The Balaban J connectivity index is 2.39. The van der Waals surface area contributed by atoms with Crippen LogP contribution in [0.25, 0.3) is 0 Å². The highest BCUT2D eigenvalue weighted by atomic mass is 35.5. The Morgan fingerprint density at radius 2 is 2.26 bits per heavy atom. The van der Waals surface area contributed by atoms with Crippen LogP contribution in [0.1, 0.15) is 12.5 Å². The Labute approximate surface area is 122 Å². The zero-order valence-electron chi connectivity index (χ0n) is 11.0. The molecule has 2 amide bonds. The zero-order chi connectivity index (χ0) is 14.3. The molecule has 0 saturated carbocycles. The SMILES string of the molecule is CSC(CO)C(C)NC(=O)NCc1cccc(Cl)c1. The number of halogens is 1. The summed E-state index contributed by atoms with van der Waals surface area (Å²) in [6.45, 7) is 2.33. The molecule has 0 fully saturated rings. The molecule has 0 aliphatic carbocycles. The first kappa shape index (κ1) is 16.1. The minimum atomic E-state index is -0.250. The van der Waals surface area contributed by atoms with Crippen LogP contribution in [0.3, 0.4) is 0 Å². The number of hydrogen-bond donors (Lipinski definition) is 3. The lowest BCUT2D eigenvalue weighted by Crippen LogP contribution is -2.45. The second kappa shape index (κ2) is 8.30. The second-order valence-electron chi connectivity index (χ2n) is 4.20. The molecule has 2 unspecified atom stereocenters. The first-order valence-electron chi connectivity index (χ1n) is 5.99. The van der Waals surface area contributed by atoms with Crippen LogP contribution in [0.4, 0.5) is 4.79 Å². The van der Waals surface area contributed by atoms with Crippen molar-refractivity contribution in [2.45, 2.75) is 24.8 Å². The Bertz CT molecular complexity index is 413. The van der Waals surface area contributed by atoms with Crippen LogP contribution >= 0.6 is 23.4 Å². The monoisotopic (exact) mass is 302 g/mol. The number of nitrogens with one attached hydrogen (secondary N) is 2. The van der Waals surface area contributed by atoms with E-state index in [1.807, 2.05) is 31.4 Å². The number of thioether (sulfide) groups is 1. The Kier molecular flexibility index (Phi) is 7.05. The van der Waals surface area contributed by atoms with E-state index < -0.39 is 0 Å². The summed E-state index contributed by atoms with van der Waals surface area (Å²) in [5.74, 6) is 0. The van der Waals surface area contributed by atoms with Crippen molar-refractivity contribution in [1.29, 1.82) is 0 Å². The van der Waals surface area contributed by atoms with Crippen molar-refractivity contribution < 1.29 is 9.90 Å². The van der Waals surface area contributed by atoms with Gasteiger partial charge >= 0.3 is 6.03 Å². The van der Waals surface area contributed by atoms with Gasteiger partial charge in [0.15, 0.2) is 0 Å². The third kappa shape index (κ3) is 5.72. The van der Waals surface area contributed by atoms with E-state index >= 15 is 0 Å². The van der Waals surface area contributed by atoms with E-state index in [1.165, 1.54) is 11.8 Å². The van der Waals surface area contributed by atoms with Crippen LogP contribution in [0.5, 0.6) is 0 Å². The molecular formula is C13H19ClN2O2S. The quantitative estimate of drug-likeness (QED) is 0.755. The van der Waals surface area contributed by atoms with Crippen molar-refractivity contribution in [3.63, 3.8) is 0 Å². The summed E-state index contributed by atoms with van der Waals surface area (Å²) in [6, 6.07) is 6.99. The number of urea groups is 1. The van der Waals surface area contributed by atoms with Gasteiger partial charge in [0.2, 0.25) is 0 Å². The maximum atomic E-state index is 11.7. The molecule has 0 aliphatic heterocycles. The molecule has 1 rings (SSSR count). The van der Waals surface area contributed by atoms with Crippen LogP contribution in [0.2, 0.25) is 5.02 Å². The number of benzene rings is 1. The Morgan fingerprint density at radius 1 is 1.53 bits per heavy atom. The number of aliphatic hydroxyl groups is 1. The predicted molar refractivity (Wildman–Crippen MR) is 80.7 cm³/mol. The van der Waals surface area contributed by atoms with Crippen LogP contribution in [-0.4, -0.2) is 35.3 Å². The predicted octanol–water partition coefficient (Wildman–Crippen LogP) is 2.25. The van der Waals surface area contributed by atoms with Gasteiger partial charge in [0.05, 0.1) is 6.61 Å². The highest BCUT2D eigenvalue weighted by molar-refractivity contribution is 7.99. The van der Waals surface area contributed by atoms with Crippen molar-refractivity contribution in [2.24, 2.45) is 0 Å². The first-order valence-corrected chi connectivity index (χ1v) is 7.66. The van der Waals surface area contributed by atoms with Gasteiger partial charge in [-0.3, -0.25) is 0 Å². The highest BCUT2D eigenvalue weighted by Gasteiger charge is 2.16. The van der Waals surface area contributed by atoms with Crippen LogP contribution < -0.4 is 10.6 Å². The maximum Gasteiger partial charge on any atom is 0.315 e. The van der Waals surface area contributed by atoms with Gasteiger partial charge in [-0.1, -0.05) is 23.7 Å². The summed E-state index contributed by atoms with van der Waals surface area (Å²) in [6.07, 6.45) is 1.91. The van der Waals surface area contributed by atoms with Gasteiger partial charge in [-0.15, -0.1) is 0 Å². The number of amides is 2. The van der Waals surface area contributed by atoms with E-state index in [1.54, 1.807) is 6.07 Å². The number of hydrogen-bond acceptors (Lipinski definition) is 3. The fourth-order valence-corrected chi connectivity index (χ4v) is 2.46. The van der Waals surface area contributed by atoms with Crippen molar-refractivity contribution >= 4 is 29.4 Å². The fourth-order valence-electron chi connectivity index (χ4n) is 1.62. The molecule has 0 spiro atoms. The smallest absolute Gasteiger partial charge is 0.315 e. The Hall–Kier alpha value is -0.910. The molecule has 106 valence electrons. The molecule has 0 bridgehead atoms. The summed E-state index contributed by atoms with van der Waals surface area (Å²) in [5.41, 5.74) is 0.943. The molecule has 0 aromatic heterocycles. The molecule has 0 heterocycles. The zero-order valence-corrected chi connectivity index (χ0v) is 12.6. The van der Waals surface area contributed by atoms with Gasteiger partial charge in [0.1, 0.15) is 0 Å². The van der Waals surface area contributed by atoms with Crippen LogP contribution in [0.15, 0.2) is 24.3 Å². The third-order valence-electron chi connectivity index (χ3n) is 2.74. The lowest BCUT2D eigenvalue weighted by molar-refractivity contribution is 0.232. The molecule has 0 radical (unpaired) electrons. The normalized spacial score (nSPS) is 13.7. The van der Waals surface area contributed by atoms with Gasteiger partial charge in [0.25, 0.3) is 0 Å². The van der Waals surface area contributed by atoms with E-state index in [0.29, 0.717) is 11.6 Å². The van der Waals surface area contributed by atoms with Gasteiger partial charge < -0.3 is 15.7 Å². The minimum absolute atomic E-state index is 0.00285. The lowest BCUT2D eigenvalue weighted by Gasteiger charge is -2.21. The molecule has 4 nitrogen and oxygen atoms in total. The average Bonchev–Trinajstić information content (AvgIpc) is 2.38. The fraction of sp³-hybridized carbons (Fsp3) is 0.462. The van der Waals surface area contributed by atoms with Gasteiger partial charge in [-0.2, -0.15) is 11.8 Å². The summed E-state index contributed by atoms with van der Waals surface area (Å²) >= 11 is 7.39. The largest absolute Gasteiger partial charge is 0.395 e. The summed E-state index contributed by atoms with van der Waals surface area (Å²) in [4.78, 5) is 11.7. The van der Waals surface area contributed by atoms with Gasteiger partial charge in [-0.05, 0) is 30.9 Å². The number of rotatable bonds is 6. The molecule has 0 saturated heterocycles. The van der Waals surface area contributed by atoms with Gasteiger partial charge in [-0.25, -0.2) is 4.79 Å². The summed E-state index contributed by atoms with van der Waals surface area (Å²) in [5, 5.41) is 15.3. The molecule has 2 atom stereocenters. The van der Waals surface area contributed by atoms with Gasteiger partial charge in [0, 0.05) is 22.9 Å². The minimum Gasteiger partial charge on any atom is -0.395 e. The molecule has 19 heavy (non-hydrogen) atoms. The summed E-state index contributed by atoms with van der Waals surface area (Å²) in [7, 11) is 0. The van der Waals surface area contributed by atoms with Crippen molar-refractivity contribution in [2.75, 3.05) is 12.9 Å². The maximum absolute atomic E-state index is 11.7. The molecule has 0 aliphatic rings. The van der Waals surface area contributed by atoms with E-state index in [0.717, 1.165) is 5.56 Å². The number of carbonyl (C=O) groups is 1. The highest BCUT2D eigenvalue weighted by Crippen LogP contribution is 2.11. The first-order chi connectivity index (χ1) is 9.06. The summed E-state index contributed by atoms with van der Waals surface area (Å²) < 4.78 is 0. The molecule has 3 N–H and O–H groups in total. The van der Waals surface area contributed by atoms with E-state index in [4.69, 9.17) is 16.7 Å². The van der Waals surface area contributed by atoms with Crippen LogP contribution in [0, 0.1) is 0 Å². The number of aliphatic hydroxyl groups excluding tert-OH is 1. The lowest BCUT2D eigenvalue weighted by atomic mass is 10.2. The van der Waals surface area contributed by atoms with Crippen molar-refractivity contribution in [3.8, 4) is 0 Å². The Morgan fingerprint density at radius 3 is 2.84 bits per heavy atom. The van der Waals surface area contributed by atoms with E-state index in [2.05, 4.69) is 10.6 Å². The van der Waals surface area contributed by atoms with Crippen molar-refractivity contribution in [1.82, 2.24) is 10.6 Å². The van der Waals surface area contributed by atoms with E-state index in [9.17, 15) is 4.79 Å². The molecule has 6 heteroatoms. The standard InChI is InChI=1S/C13H19ClN2O2S/c1-9(12(8-17)19-2)16-13(18)15-7-10-4-3-5-11(14)6-10/h3-6,9,12,17H,7-8H2,1-2H3,(H2,15,16,18). The average molecular weight is 303 g/mol. The number of carbonyl (C=O) groups excluding carboxylic acids is 1. The molecule has 1 aromatic rings. The second-order valence-corrected chi connectivity index (χ2v) is 5.72. The molecule has 1 aromatic carbocycles. The topological polar surface area (TPSA) is 61.4 Å².